The first-order valence-electron chi connectivity index (χ1n) is 8.60. The molecule has 0 aliphatic carbocycles. The third-order valence-electron chi connectivity index (χ3n) is 3.79. The number of hydrogen-bond acceptors (Lipinski definition) is 4. The summed E-state index contributed by atoms with van der Waals surface area (Å²) < 4.78 is 4.95. The fraction of sp³-hybridized carbons (Fsp3) is 0.300. The molecule has 0 saturated heterocycles. The van der Waals surface area contributed by atoms with Crippen molar-refractivity contribution in [3.63, 3.8) is 0 Å². The molecule has 2 aromatic rings. The molecule has 0 aliphatic rings. The van der Waals surface area contributed by atoms with Crippen LogP contribution in [0.25, 0.3) is 0 Å². The van der Waals surface area contributed by atoms with Crippen LogP contribution in [-0.4, -0.2) is 45.2 Å². The van der Waals surface area contributed by atoms with Crippen molar-refractivity contribution in [1.29, 1.82) is 0 Å². The number of amides is 2. The number of benzene rings is 2. The van der Waals surface area contributed by atoms with Crippen molar-refractivity contribution < 1.29 is 14.3 Å². The fourth-order valence-electron chi connectivity index (χ4n) is 2.43. The van der Waals surface area contributed by atoms with Gasteiger partial charge in [0.25, 0.3) is 5.91 Å². The lowest BCUT2D eigenvalue weighted by atomic mass is 10.1. The lowest BCUT2D eigenvalue weighted by Crippen LogP contribution is -2.42. The molecular weight excluding hydrogens is 330 g/mol. The van der Waals surface area contributed by atoms with Crippen LogP contribution in [0.5, 0.6) is 0 Å². The summed E-state index contributed by atoms with van der Waals surface area (Å²) >= 11 is 0. The minimum atomic E-state index is -0.747. The molecule has 0 saturated carbocycles. The van der Waals surface area contributed by atoms with Crippen LogP contribution in [0.2, 0.25) is 0 Å². The van der Waals surface area contributed by atoms with Gasteiger partial charge in [-0.1, -0.05) is 48.5 Å². The van der Waals surface area contributed by atoms with Crippen molar-refractivity contribution in [2.45, 2.75) is 6.04 Å². The maximum absolute atomic E-state index is 12.6. The van der Waals surface area contributed by atoms with Gasteiger partial charge in [0, 0.05) is 32.3 Å². The van der Waals surface area contributed by atoms with Gasteiger partial charge in [0.15, 0.2) is 0 Å². The maximum Gasteiger partial charge on any atom is 0.252 e. The summed E-state index contributed by atoms with van der Waals surface area (Å²) in [5, 5.41) is 8.84. The van der Waals surface area contributed by atoms with E-state index in [0.717, 1.165) is 12.1 Å². The van der Waals surface area contributed by atoms with Gasteiger partial charge in [-0.2, -0.15) is 0 Å². The van der Waals surface area contributed by atoms with E-state index in [0.29, 0.717) is 25.3 Å². The quantitative estimate of drug-likeness (QED) is 0.565. The average molecular weight is 355 g/mol. The molecule has 26 heavy (non-hydrogen) atoms. The number of carbonyl (C=O) groups is 2. The molecule has 2 aromatic carbocycles. The Labute approximate surface area is 153 Å². The van der Waals surface area contributed by atoms with Crippen molar-refractivity contribution in [2.24, 2.45) is 0 Å². The van der Waals surface area contributed by atoms with E-state index in [1.165, 1.54) is 0 Å². The van der Waals surface area contributed by atoms with Crippen LogP contribution >= 0.6 is 0 Å². The van der Waals surface area contributed by atoms with Crippen LogP contribution in [0.3, 0.4) is 0 Å². The van der Waals surface area contributed by atoms with Gasteiger partial charge in [-0.15, -0.1) is 0 Å². The largest absolute Gasteiger partial charge is 0.383 e. The lowest BCUT2D eigenvalue weighted by molar-refractivity contribution is -0.123. The Balaban J connectivity index is 1.98. The summed E-state index contributed by atoms with van der Waals surface area (Å²) in [6, 6.07) is 17.3. The maximum atomic E-state index is 12.6. The number of ether oxygens (including phenoxy) is 1. The standard InChI is InChI=1S/C20H25N3O3/c1-26-15-14-21-12-13-22-20(25)18(16-8-4-2-5-9-16)23-19(24)17-10-6-3-7-11-17/h2-11,18,21H,12-15H2,1H3,(H,22,25)(H,23,24). The van der Waals surface area contributed by atoms with Crippen LogP contribution in [0, 0.1) is 0 Å². The van der Waals surface area contributed by atoms with Gasteiger partial charge in [0.05, 0.1) is 6.61 Å². The van der Waals surface area contributed by atoms with Gasteiger partial charge in [-0.3, -0.25) is 9.59 Å². The first-order chi connectivity index (χ1) is 12.7. The van der Waals surface area contributed by atoms with E-state index in [-0.39, 0.29) is 11.8 Å². The number of nitrogens with one attached hydrogen (secondary N) is 3. The van der Waals surface area contributed by atoms with Crippen LogP contribution in [0.1, 0.15) is 22.0 Å². The zero-order valence-electron chi connectivity index (χ0n) is 14.9. The Kier molecular flexibility index (Phi) is 8.32. The van der Waals surface area contributed by atoms with E-state index >= 15 is 0 Å². The zero-order valence-corrected chi connectivity index (χ0v) is 14.9. The number of rotatable bonds is 10. The van der Waals surface area contributed by atoms with Gasteiger partial charge >= 0.3 is 0 Å². The predicted molar refractivity (Wildman–Crippen MR) is 101 cm³/mol. The molecule has 1 atom stereocenters. The highest BCUT2D eigenvalue weighted by atomic mass is 16.5. The smallest absolute Gasteiger partial charge is 0.252 e. The second-order valence-corrected chi connectivity index (χ2v) is 5.72. The molecular formula is C20H25N3O3. The van der Waals surface area contributed by atoms with Gasteiger partial charge in [0.2, 0.25) is 5.91 Å². The summed E-state index contributed by atoms with van der Waals surface area (Å²) in [5.74, 6) is -0.526. The van der Waals surface area contributed by atoms with E-state index < -0.39 is 6.04 Å². The van der Waals surface area contributed by atoms with Crippen LogP contribution in [0.4, 0.5) is 0 Å². The van der Waals surface area contributed by atoms with Crippen molar-refractivity contribution in [3.8, 4) is 0 Å². The monoisotopic (exact) mass is 355 g/mol. The summed E-state index contributed by atoms with van der Waals surface area (Å²) in [6.07, 6.45) is 0. The van der Waals surface area contributed by atoms with Crippen molar-refractivity contribution in [2.75, 3.05) is 33.4 Å². The van der Waals surface area contributed by atoms with Crippen molar-refractivity contribution in [1.82, 2.24) is 16.0 Å². The first kappa shape index (κ1) is 19.6. The molecule has 6 heteroatoms. The molecule has 6 nitrogen and oxygen atoms in total. The minimum absolute atomic E-state index is 0.242. The molecule has 3 N–H and O–H groups in total. The summed E-state index contributed by atoms with van der Waals surface area (Å²) in [4.78, 5) is 25.1. The third-order valence-corrected chi connectivity index (χ3v) is 3.79. The Morgan fingerprint density at radius 1 is 0.923 bits per heavy atom. The number of hydrogen-bond donors (Lipinski definition) is 3. The van der Waals surface area contributed by atoms with E-state index in [9.17, 15) is 9.59 Å². The Morgan fingerprint density at radius 3 is 2.23 bits per heavy atom. The molecule has 1 unspecified atom stereocenters. The highest BCUT2D eigenvalue weighted by molar-refractivity contribution is 5.97. The minimum Gasteiger partial charge on any atom is -0.383 e. The molecule has 2 amide bonds. The van der Waals surface area contributed by atoms with E-state index in [1.54, 1.807) is 31.4 Å². The molecule has 0 fully saturated rings. The average Bonchev–Trinajstić information content (AvgIpc) is 2.69. The predicted octanol–water partition coefficient (Wildman–Crippen LogP) is 1.51. The van der Waals surface area contributed by atoms with E-state index in [2.05, 4.69) is 16.0 Å². The fourth-order valence-corrected chi connectivity index (χ4v) is 2.43. The normalized spacial score (nSPS) is 11.6. The second-order valence-electron chi connectivity index (χ2n) is 5.72. The number of carbonyl (C=O) groups excluding carboxylic acids is 2. The van der Waals surface area contributed by atoms with Crippen LogP contribution < -0.4 is 16.0 Å². The highest BCUT2D eigenvalue weighted by Gasteiger charge is 2.22. The van der Waals surface area contributed by atoms with Gasteiger partial charge in [-0.05, 0) is 17.7 Å². The van der Waals surface area contributed by atoms with E-state index in [1.807, 2.05) is 36.4 Å². The molecule has 0 heterocycles. The molecule has 0 aliphatic heterocycles. The zero-order chi connectivity index (χ0) is 18.6. The lowest BCUT2D eigenvalue weighted by Gasteiger charge is -2.19. The van der Waals surface area contributed by atoms with E-state index in [4.69, 9.17) is 4.74 Å². The third kappa shape index (κ3) is 6.31. The molecule has 0 spiro atoms. The molecule has 2 rings (SSSR count). The Hall–Kier alpha value is -2.70. The highest BCUT2D eigenvalue weighted by Crippen LogP contribution is 2.14. The Bertz CT molecular complexity index is 677. The molecule has 0 bridgehead atoms. The second kappa shape index (κ2) is 11.0. The van der Waals surface area contributed by atoms with Gasteiger partial charge in [0.1, 0.15) is 6.04 Å². The van der Waals surface area contributed by atoms with Crippen molar-refractivity contribution >= 4 is 11.8 Å². The molecule has 138 valence electrons. The van der Waals surface area contributed by atoms with Gasteiger partial charge in [-0.25, -0.2) is 0 Å². The topological polar surface area (TPSA) is 79.5 Å². The van der Waals surface area contributed by atoms with Gasteiger partial charge < -0.3 is 20.7 Å². The summed E-state index contributed by atoms with van der Waals surface area (Å²) in [7, 11) is 1.64. The SMILES string of the molecule is COCCNCCNC(=O)C(NC(=O)c1ccccc1)c1ccccc1. The molecule has 0 radical (unpaired) electrons. The first-order valence-corrected chi connectivity index (χ1v) is 8.60. The Morgan fingerprint density at radius 2 is 1.58 bits per heavy atom. The summed E-state index contributed by atoms with van der Waals surface area (Å²) in [6.45, 7) is 2.43. The van der Waals surface area contributed by atoms with Crippen molar-refractivity contribution in [3.05, 3.63) is 71.8 Å². The summed E-state index contributed by atoms with van der Waals surface area (Å²) in [5.41, 5.74) is 1.25. The van der Waals surface area contributed by atoms with Crippen LogP contribution in [-0.2, 0) is 9.53 Å². The molecule has 0 aromatic heterocycles. The number of methoxy groups -OCH3 is 1. The van der Waals surface area contributed by atoms with Crippen LogP contribution in [0.15, 0.2) is 60.7 Å².